The summed E-state index contributed by atoms with van der Waals surface area (Å²) in [6.07, 6.45) is 1.47. The summed E-state index contributed by atoms with van der Waals surface area (Å²) < 4.78 is 1.48. The molecule has 0 saturated carbocycles. The fourth-order valence-electron chi connectivity index (χ4n) is 1.48. The Morgan fingerprint density at radius 2 is 2.11 bits per heavy atom. The van der Waals surface area contributed by atoms with E-state index in [1.54, 1.807) is 31.3 Å². The number of nitrogen functional groups attached to an aromatic ring is 1. The van der Waals surface area contributed by atoms with E-state index < -0.39 is 0 Å². The van der Waals surface area contributed by atoms with E-state index in [-0.39, 0.29) is 5.91 Å². The second-order valence-electron chi connectivity index (χ2n) is 3.72. The van der Waals surface area contributed by atoms with Gasteiger partial charge >= 0.3 is 0 Å². The smallest absolute Gasteiger partial charge is 0.256 e. The van der Waals surface area contributed by atoms with Crippen molar-refractivity contribution in [3.8, 4) is 6.07 Å². The lowest BCUT2D eigenvalue weighted by Gasteiger charge is -2.06. The summed E-state index contributed by atoms with van der Waals surface area (Å²) in [6.45, 7) is 0. The Bertz CT molecular complexity index is 601. The monoisotopic (exact) mass is 241 g/mol. The molecule has 6 nitrogen and oxygen atoms in total. The van der Waals surface area contributed by atoms with E-state index in [1.807, 2.05) is 6.07 Å². The number of carbonyl (C=O) groups is 1. The predicted molar refractivity (Wildman–Crippen MR) is 66.7 cm³/mol. The molecule has 1 aromatic carbocycles. The molecule has 0 aliphatic carbocycles. The van der Waals surface area contributed by atoms with Crippen molar-refractivity contribution < 1.29 is 4.79 Å². The summed E-state index contributed by atoms with van der Waals surface area (Å²) in [5, 5.41) is 15.3. The molecule has 90 valence electrons. The van der Waals surface area contributed by atoms with E-state index in [0.29, 0.717) is 22.6 Å². The zero-order valence-corrected chi connectivity index (χ0v) is 9.71. The standard InChI is InChI=1S/C12H11N5O/c1-17-11(10(14)7-15-17)16-12(18)9-4-2-8(6-13)3-5-9/h2-5,7H,14H2,1H3,(H,16,18). The van der Waals surface area contributed by atoms with Crippen LogP contribution >= 0.6 is 0 Å². The van der Waals surface area contributed by atoms with Gasteiger partial charge in [0.05, 0.1) is 23.5 Å². The summed E-state index contributed by atoms with van der Waals surface area (Å²) in [5.41, 5.74) is 7.03. The fourth-order valence-corrected chi connectivity index (χ4v) is 1.48. The number of hydrogen-bond acceptors (Lipinski definition) is 4. The Morgan fingerprint density at radius 3 is 2.61 bits per heavy atom. The minimum absolute atomic E-state index is 0.296. The number of nitrogens with zero attached hydrogens (tertiary/aromatic N) is 3. The molecule has 1 aromatic heterocycles. The van der Waals surface area contributed by atoms with Gasteiger partial charge in [-0.15, -0.1) is 0 Å². The molecule has 2 aromatic rings. The maximum atomic E-state index is 11.9. The van der Waals surface area contributed by atoms with Crippen molar-refractivity contribution in [2.75, 3.05) is 11.1 Å². The molecule has 18 heavy (non-hydrogen) atoms. The molecular weight excluding hydrogens is 230 g/mol. The molecule has 0 aliphatic rings. The minimum atomic E-state index is -0.296. The van der Waals surface area contributed by atoms with Gasteiger partial charge < -0.3 is 11.1 Å². The van der Waals surface area contributed by atoms with Crippen LogP contribution in [0, 0.1) is 11.3 Å². The lowest BCUT2D eigenvalue weighted by Crippen LogP contribution is -2.15. The van der Waals surface area contributed by atoms with Crippen LogP contribution in [0.15, 0.2) is 30.5 Å². The van der Waals surface area contributed by atoms with Crippen molar-refractivity contribution in [2.24, 2.45) is 7.05 Å². The molecule has 0 radical (unpaired) electrons. The molecule has 0 bridgehead atoms. The van der Waals surface area contributed by atoms with Crippen LogP contribution in [0.4, 0.5) is 11.5 Å². The summed E-state index contributed by atoms with van der Waals surface area (Å²) >= 11 is 0. The predicted octanol–water partition coefficient (Wildman–Crippen LogP) is 1.13. The zero-order valence-electron chi connectivity index (χ0n) is 9.71. The average molecular weight is 241 g/mol. The highest BCUT2D eigenvalue weighted by Crippen LogP contribution is 2.17. The number of rotatable bonds is 2. The maximum absolute atomic E-state index is 11.9. The number of nitrogens with one attached hydrogen (secondary N) is 1. The molecule has 0 atom stereocenters. The first kappa shape index (κ1) is 11.7. The van der Waals surface area contributed by atoms with E-state index in [4.69, 9.17) is 11.0 Å². The van der Waals surface area contributed by atoms with Crippen LogP contribution in [0.25, 0.3) is 0 Å². The van der Waals surface area contributed by atoms with Crippen LogP contribution < -0.4 is 11.1 Å². The number of hydrogen-bond donors (Lipinski definition) is 2. The molecule has 3 N–H and O–H groups in total. The van der Waals surface area contributed by atoms with Crippen molar-refractivity contribution >= 4 is 17.4 Å². The number of amides is 1. The molecule has 0 aliphatic heterocycles. The molecule has 0 unspecified atom stereocenters. The summed E-state index contributed by atoms with van der Waals surface area (Å²) in [6, 6.07) is 8.33. The topological polar surface area (TPSA) is 96.7 Å². The second kappa shape index (κ2) is 4.59. The van der Waals surface area contributed by atoms with Gasteiger partial charge in [-0.25, -0.2) is 0 Å². The molecule has 0 saturated heterocycles. The zero-order chi connectivity index (χ0) is 13.1. The summed E-state index contributed by atoms with van der Waals surface area (Å²) in [7, 11) is 1.69. The van der Waals surface area contributed by atoms with Gasteiger partial charge in [0, 0.05) is 12.6 Å². The molecule has 6 heteroatoms. The number of carbonyl (C=O) groups excluding carboxylic acids is 1. The van der Waals surface area contributed by atoms with Crippen LogP contribution in [0.2, 0.25) is 0 Å². The first-order valence-electron chi connectivity index (χ1n) is 5.21. The van der Waals surface area contributed by atoms with Gasteiger partial charge in [-0.1, -0.05) is 0 Å². The Balaban J connectivity index is 2.20. The van der Waals surface area contributed by atoms with Crippen LogP contribution in [0.5, 0.6) is 0 Å². The van der Waals surface area contributed by atoms with Gasteiger partial charge in [-0.2, -0.15) is 10.4 Å². The van der Waals surface area contributed by atoms with Gasteiger partial charge in [-0.3, -0.25) is 9.48 Å². The van der Waals surface area contributed by atoms with Crippen LogP contribution in [0.3, 0.4) is 0 Å². The first-order chi connectivity index (χ1) is 8.61. The van der Waals surface area contributed by atoms with Crippen LogP contribution in [-0.2, 0) is 7.05 Å². The number of anilines is 2. The Hall–Kier alpha value is -2.81. The van der Waals surface area contributed by atoms with Crippen molar-refractivity contribution in [3.05, 3.63) is 41.6 Å². The van der Waals surface area contributed by atoms with Crippen molar-refractivity contribution in [1.29, 1.82) is 5.26 Å². The Labute approximate surface area is 104 Å². The van der Waals surface area contributed by atoms with Gasteiger partial charge in [0.15, 0.2) is 5.82 Å². The Morgan fingerprint density at radius 1 is 1.44 bits per heavy atom. The number of benzene rings is 1. The highest BCUT2D eigenvalue weighted by molar-refractivity contribution is 6.05. The third kappa shape index (κ3) is 2.15. The van der Waals surface area contributed by atoms with E-state index in [9.17, 15) is 4.79 Å². The van der Waals surface area contributed by atoms with Crippen molar-refractivity contribution in [3.63, 3.8) is 0 Å². The number of nitriles is 1. The van der Waals surface area contributed by atoms with Crippen molar-refractivity contribution in [2.45, 2.75) is 0 Å². The number of aryl methyl sites for hydroxylation is 1. The SMILES string of the molecule is Cn1ncc(N)c1NC(=O)c1ccc(C#N)cc1. The molecule has 0 spiro atoms. The van der Waals surface area contributed by atoms with Gasteiger partial charge in [0.2, 0.25) is 0 Å². The molecule has 0 fully saturated rings. The third-order valence-corrected chi connectivity index (χ3v) is 2.48. The minimum Gasteiger partial charge on any atom is -0.394 e. The second-order valence-corrected chi connectivity index (χ2v) is 3.72. The number of aromatic nitrogens is 2. The Kier molecular flexibility index (Phi) is 2.98. The van der Waals surface area contributed by atoms with E-state index in [0.717, 1.165) is 0 Å². The lowest BCUT2D eigenvalue weighted by atomic mass is 10.1. The first-order valence-corrected chi connectivity index (χ1v) is 5.21. The third-order valence-electron chi connectivity index (χ3n) is 2.48. The average Bonchev–Trinajstić information content (AvgIpc) is 2.70. The molecule has 1 amide bonds. The van der Waals surface area contributed by atoms with E-state index in [2.05, 4.69) is 10.4 Å². The lowest BCUT2D eigenvalue weighted by molar-refractivity contribution is 0.102. The highest BCUT2D eigenvalue weighted by Gasteiger charge is 2.11. The summed E-state index contributed by atoms with van der Waals surface area (Å²) in [5.74, 6) is 0.152. The quantitative estimate of drug-likeness (QED) is 0.823. The van der Waals surface area contributed by atoms with Crippen LogP contribution in [-0.4, -0.2) is 15.7 Å². The molecule has 2 rings (SSSR count). The summed E-state index contributed by atoms with van der Waals surface area (Å²) in [4.78, 5) is 11.9. The van der Waals surface area contributed by atoms with Gasteiger partial charge in [-0.05, 0) is 24.3 Å². The highest BCUT2D eigenvalue weighted by atomic mass is 16.1. The van der Waals surface area contributed by atoms with E-state index in [1.165, 1.54) is 10.9 Å². The molecule has 1 heterocycles. The van der Waals surface area contributed by atoms with Crippen LogP contribution in [0.1, 0.15) is 15.9 Å². The van der Waals surface area contributed by atoms with Crippen molar-refractivity contribution in [1.82, 2.24) is 9.78 Å². The maximum Gasteiger partial charge on any atom is 0.256 e. The largest absolute Gasteiger partial charge is 0.394 e. The van der Waals surface area contributed by atoms with Gasteiger partial charge in [0.25, 0.3) is 5.91 Å². The van der Waals surface area contributed by atoms with Gasteiger partial charge in [0.1, 0.15) is 0 Å². The number of nitrogens with two attached hydrogens (primary N) is 1. The fraction of sp³-hybridized carbons (Fsp3) is 0.0833. The molecular formula is C12H11N5O. The van der Waals surface area contributed by atoms with E-state index >= 15 is 0 Å². The normalized spacial score (nSPS) is 9.78.